The van der Waals surface area contributed by atoms with Crippen LogP contribution in [0.3, 0.4) is 0 Å². The molecule has 1 amide bonds. The van der Waals surface area contributed by atoms with E-state index >= 15 is 0 Å². The number of aliphatic hydroxyl groups excluding tert-OH is 1. The minimum atomic E-state index is -1.20. The number of carbonyl (C=O) groups is 2. The number of nitrogens with zero attached hydrogens (tertiary/aromatic N) is 1. The minimum Gasteiger partial charge on any atom is -0.481 e. The molecule has 80 valence electrons. The number of aliphatic hydroxyl groups is 1. The van der Waals surface area contributed by atoms with E-state index in [4.69, 9.17) is 10.2 Å². The molecule has 1 fully saturated rings. The fourth-order valence-electron chi connectivity index (χ4n) is 1.69. The highest BCUT2D eigenvalue weighted by atomic mass is 16.4. The predicted molar refractivity (Wildman–Crippen MR) is 46.0 cm³/mol. The molecule has 6 heteroatoms. The SMILES string of the molecule is CC1(C(=O)O)CC(O)CN(C(=O)O)C1. The van der Waals surface area contributed by atoms with Crippen molar-refractivity contribution in [3.8, 4) is 0 Å². The smallest absolute Gasteiger partial charge is 0.407 e. The Morgan fingerprint density at radius 3 is 2.43 bits per heavy atom. The summed E-state index contributed by atoms with van der Waals surface area (Å²) in [6.07, 6.45) is -2.01. The number of amides is 1. The summed E-state index contributed by atoms with van der Waals surface area (Å²) in [4.78, 5) is 22.4. The molecule has 3 N–H and O–H groups in total. The maximum atomic E-state index is 10.9. The molecule has 14 heavy (non-hydrogen) atoms. The zero-order chi connectivity index (χ0) is 10.9. The van der Waals surface area contributed by atoms with Gasteiger partial charge in [-0.25, -0.2) is 4.79 Å². The van der Waals surface area contributed by atoms with Crippen LogP contribution in [-0.2, 0) is 4.79 Å². The molecule has 0 radical (unpaired) electrons. The average molecular weight is 203 g/mol. The second-order valence-corrected chi connectivity index (χ2v) is 3.89. The molecule has 0 aromatic heterocycles. The van der Waals surface area contributed by atoms with Crippen LogP contribution in [0.4, 0.5) is 4.79 Å². The molecule has 1 aliphatic rings. The molecule has 2 unspecified atom stereocenters. The lowest BCUT2D eigenvalue weighted by atomic mass is 9.81. The molecule has 1 saturated heterocycles. The van der Waals surface area contributed by atoms with Crippen molar-refractivity contribution in [2.24, 2.45) is 5.41 Å². The zero-order valence-electron chi connectivity index (χ0n) is 7.80. The Balaban J connectivity index is 2.81. The summed E-state index contributed by atoms with van der Waals surface area (Å²) < 4.78 is 0. The second-order valence-electron chi connectivity index (χ2n) is 3.89. The van der Waals surface area contributed by atoms with E-state index in [-0.39, 0.29) is 19.5 Å². The van der Waals surface area contributed by atoms with Crippen LogP contribution >= 0.6 is 0 Å². The molecule has 1 heterocycles. The van der Waals surface area contributed by atoms with E-state index in [1.54, 1.807) is 0 Å². The van der Waals surface area contributed by atoms with Crippen molar-refractivity contribution >= 4 is 12.1 Å². The van der Waals surface area contributed by atoms with Gasteiger partial charge in [0.1, 0.15) is 0 Å². The van der Waals surface area contributed by atoms with Gasteiger partial charge >= 0.3 is 12.1 Å². The molecule has 6 nitrogen and oxygen atoms in total. The van der Waals surface area contributed by atoms with Crippen molar-refractivity contribution in [1.82, 2.24) is 4.90 Å². The third kappa shape index (κ3) is 1.95. The van der Waals surface area contributed by atoms with Gasteiger partial charge in [0.2, 0.25) is 0 Å². The number of carboxylic acids is 1. The lowest BCUT2D eigenvalue weighted by molar-refractivity contribution is -0.153. The number of piperidine rings is 1. The number of hydrogen-bond acceptors (Lipinski definition) is 3. The highest BCUT2D eigenvalue weighted by Gasteiger charge is 2.43. The fraction of sp³-hybridized carbons (Fsp3) is 0.750. The van der Waals surface area contributed by atoms with Crippen molar-refractivity contribution in [2.45, 2.75) is 19.4 Å². The Morgan fingerprint density at radius 2 is 2.00 bits per heavy atom. The Kier molecular flexibility index (Phi) is 2.66. The summed E-state index contributed by atoms with van der Waals surface area (Å²) in [5, 5.41) is 26.9. The van der Waals surface area contributed by atoms with Crippen molar-refractivity contribution in [2.75, 3.05) is 13.1 Å². The number of aliphatic carboxylic acids is 1. The van der Waals surface area contributed by atoms with Crippen molar-refractivity contribution in [3.05, 3.63) is 0 Å². The van der Waals surface area contributed by atoms with E-state index in [0.29, 0.717) is 0 Å². The molecule has 0 aromatic carbocycles. The first-order valence-corrected chi connectivity index (χ1v) is 4.24. The highest BCUT2D eigenvalue weighted by molar-refractivity contribution is 5.76. The summed E-state index contributed by atoms with van der Waals surface area (Å²) >= 11 is 0. The third-order valence-corrected chi connectivity index (χ3v) is 2.44. The molecule has 2 atom stereocenters. The van der Waals surface area contributed by atoms with Gasteiger partial charge in [-0.15, -0.1) is 0 Å². The maximum absolute atomic E-state index is 10.9. The molecule has 0 saturated carbocycles. The summed E-state index contributed by atoms with van der Waals surface area (Å²) in [6.45, 7) is 1.35. The van der Waals surface area contributed by atoms with Crippen LogP contribution in [0.1, 0.15) is 13.3 Å². The molecule has 0 spiro atoms. The van der Waals surface area contributed by atoms with Crippen LogP contribution in [0.25, 0.3) is 0 Å². The van der Waals surface area contributed by atoms with Crippen molar-refractivity contribution in [1.29, 1.82) is 0 Å². The van der Waals surface area contributed by atoms with Gasteiger partial charge < -0.3 is 20.2 Å². The first-order valence-electron chi connectivity index (χ1n) is 4.24. The summed E-state index contributed by atoms with van der Waals surface area (Å²) in [5.41, 5.74) is -1.18. The fourth-order valence-corrected chi connectivity index (χ4v) is 1.69. The van der Waals surface area contributed by atoms with Gasteiger partial charge in [0.25, 0.3) is 0 Å². The van der Waals surface area contributed by atoms with Crippen LogP contribution in [0, 0.1) is 5.41 Å². The number of β-amino-alcohol motifs (C(OH)–C–C–N with tert-alkyl or cyclic N) is 1. The number of likely N-dealkylation sites (tertiary alicyclic amines) is 1. The standard InChI is InChI=1S/C8H13NO5/c1-8(6(11)12)2-5(10)3-9(4-8)7(13)14/h5,10H,2-4H2,1H3,(H,11,12)(H,13,14). The van der Waals surface area contributed by atoms with E-state index in [0.717, 1.165) is 4.90 Å². The summed E-state index contributed by atoms with van der Waals surface area (Å²) in [5.74, 6) is -1.08. The Hall–Kier alpha value is -1.30. The van der Waals surface area contributed by atoms with E-state index < -0.39 is 23.6 Å². The lowest BCUT2D eigenvalue weighted by Crippen LogP contribution is -2.53. The summed E-state index contributed by atoms with van der Waals surface area (Å²) in [6, 6.07) is 0. The Morgan fingerprint density at radius 1 is 1.43 bits per heavy atom. The highest BCUT2D eigenvalue weighted by Crippen LogP contribution is 2.29. The van der Waals surface area contributed by atoms with Gasteiger partial charge in [-0.2, -0.15) is 0 Å². The molecule has 1 rings (SSSR count). The predicted octanol–water partition coefficient (Wildman–Crippen LogP) is -0.178. The van der Waals surface area contributed by atoms with E-state index in [1.165, 1.54) is 6.92 Å². The largest absolute Gasteiger partial charge is 0.481 e. The second kappa shape index (κ2) is 3.45. The number of hydrogen-bond donors (Lipinski definition) is 3. The van der Waals surface area contributed by atoms with E-state index in [2.05, 4.69) is 0 Å². The van der Waals surface area contributed by atoms with E-state index in [9.17, 15) is 14.7 Å². The Labute approximate surface area is 80.8 Å². The summed E-state index contributed by atoms with van der Waals surface area (Å²) in [7, 11) is 0. The number of rotatable bonds is 1. The van der Waals surface area contributed by atoms with Crippen molar-refractivity contribution < 1.29 is 24.9 Å². The number of carboxylic acid groups (broad SMARTS) is 2. The monoisotopic (exact) mass is 203 g/mol. The van der Waals surface area contributed by atoms with Gasteiger partial charge in [0.05, 0.1) is 11.5 Å². The molecule has 0 aliphatic carbocycles. The van der Waals surface area contributed by atoms with Crippen LogP contribution in [0.5, 0.6) is 0 Å². The minimum absolute atomic E-state index is 0.0157. The molecule has 1 aliphatic heterocycles. The quantitative estimate of drug-likeness (QED) is 0.549. The van der Waals surface area contributed by atoms with Crippen LogP contribution < -0.4 is 0 Å². The average Bonchev–Trinajstić information content (AvgIpc) is 2.02. The van der Waals surface area contributed by atoms with Crippen LogP contribution in [0.15, 0.2) is 0 Å². The third-order valence-electron chi connectivity index (χ3n) is 2.44. The topological polar surface area (TPSA) is 98.1 Å². The maximum Gasteiger partial charge on any atom is 0.407 e. The molecular formula is C8H13NO5. The van der Waals surface area contributed by atoms with Gasteiger partial charge in [-0.3, -0.25) is 4.79 Å². The molecule has 0 aromatic rings. The van der Waals surface area contributed by atoms with Crippen molar-refractivity contribution in [3.63, 3.8) is 0 Å². The first-order chi connectivity index (χ1) is 6.35. The lowest BCUT2D eigenvalue weighted by Gasteiger charge is -2.38. The van der Waals surface area contributed by atoms with Crippen LogP contribution in [-0.4, -0.2) is 51.5 Å². The van der Waals surface area contributed by atoms with Gasteiger partial charge in [-0.1, -0.05) is 0 Å². The first kappa shape index (κ1) is 10.8. The van der Waals surface area contributed by atoms with Gasteiger partial charge in [-0.05, 0) is 13.3 Å². The van der Waals surface area contributed by atoms with Gasteiger partial charge in [0, 0.05) is 13.1 Å². The molecular weight excluding hydrogens is 190 g/mol. The van der Waals surface area contributed by atoms with E-state index in [1.807, 2.05) is 0 Å². The zero-order valence-corrected chi connectivity index (χ0v) is 7.80. The normalized spacial score (nSPS) is 32.7. The molecule has 0 bridgehead atoms. The Bertz CT molecular complexity index is 266. The van der Waals surface area contributed by atoms with Gasteiger partial charge in [0.15, 0.2) is 0 Å². The van der Waals surface area contributed by atoms with Crippen LogP contribution in [0.2, 0.25) is 0 Å².